The lowest BCUT2D eigenvalue weighted by Gasteiger charge is -2.37. The van der Waals surface area contributed by atoms with Crippen molar-refractivity contribution in [1.29, 1.82) is 0 Å². The molecule has 2 aliphatic heterocycles. The van der Waals surface area contributed by atoms with Crippen molar-refractivity contribution in [1.82, 2.24) is 10.2 Å². The summed E-state index contributed by atoms with van der Waals surface area (Å²) in [5.41, 5.74) is 2.93. The molecule has 3 heterocycles. The first-order chi connectivity index (χ1) is 12.3. The van der Waals surface area contributed by atoms with Gasteiger partial charge in [-0.3, -0.25) is 14.8 Å². The Bertz CT molecular complexity index is 955. The van der Waals surface area contributed by atoms with Crippen LogP contribution in [0.2, 0.25) is 0 Å². The van der Waals surface area contributed by atoms with E-state index in [4.69, 9.17) is 9.47 Å². The summed E-state index contributed by atoms with van der Waals surface area (Å²) < 4.78 is 10.8. The number of anilines is 2. The Kier molecular flexibility index (Phi) is 2.93. The number of aromatic amines is 1. The maximum absolute atomic E-state index is 13.2. The maximum atomic E-state index is 13.2. The van der Waals surface area contributed by atoms with Gasteiger partial charge in [-0.25, -0.2) is 0 Å². The average molecular weight is 334 g/mol. The highest BCUT2D eigenvalue weighted by Gasteiger charge is 2.35. The second-order valence-electron chi connectivity index (χ2n) is 5.82. The first-order valence-electron chi connectivity index (χ1n) is 7.89. The molecule has 2 aliphatic rings. The largest absolute Gasteiger partial charge is 0.454 e. The van der Waals surface area contributed by atoms with Crippen LogP contribution in [-0.2, 0) is 0 Å². The molecule has 0 saturated carbocycles. The summed E-state index contributed by atoms with van der Waals surface area (Å²) in [6.45, 7) is 0.192. The van der Waals surface area contributed by atoms with Crippen LogP contribution in [-0.4, -0.2) is 22.9 Å². The third kappa shape index (κ3) is 2.13. The number of hydrogen-bond donors (Lipinski definition) is 2. The van der Waals surface area contributed by atoms with E-state index in [1.807, 2.05) is 48.5 Å². The Morgan fingerprint density at radius 1 is 1.08 bits per heavy atom. The number of carbonyl (C=O) groups is 1. The fourth-order valence-electron chi connectivity index (χ4n) is 3.19. The molecular formula is C18H14N4O3. The van der Waals surface area contributed by atoms with E-state index in [9.17, 15) is 4.79 Å². The fourth-order valence-corrected chi connectivity index (χ4v) is 3.19. The van der Waals surface area contributed by atoms with Gasteiger partial charge in [-0.05, 0) is 30.3 Å². The lowest BCUT2D eigenvalue weighted by atomic mass is 10.0. The van der Waals surface area contributed by atoms with Crippen LogP contribution in [0.1, 0.15) is 22.2 Å². The van der Waals surface area contributed by atoms with Gasteiger partial charge in [0.25, 0.3) is 5.91 Å². The van der Waals surface area contributed by atoms with E-state index in [0.29, 0.717) is 17.1 Å². The SMILES string of the molecule is O=C1c2ccccc2N[C@H](c2ccn[nH]2)N1c1ccc2c(c1)OCO2. The predicted molar refractivity (Wildman–Crippen MR) is 90.8 cm³/mol. The summed E-state index contributed by atoms with van der Waals surface area (Å²) in [5.74, 6) is 1.22. The number of aromatic nitrogens is 2. The highest BCUT2D eigenvalue weighted by molar-refractivity contribution is 6.12. The predicted octanol–water partition coefficient (Wildman–Crippen LogP) is 2.91. The van der Waals surface area contributed by atoms with Gasteiger partial charge >= 0.3 is 0 Å². The molecule has 1 amide bonds. The molecule has 2 N–H and O–H groups in total. The van der Waals surface area contributed by atoms with Crippen LogP contribution in [0.15, 0.2) is 54.7 Å². The van der Waals surface area contributed by atoms with Crippen molar-refractivity contribution in [2.45, 2.75) is 6.17 Å². The molecule has 0 fully saturated rings. The molecule has 5 rings (SSSR count). The van der Waals surface area contributed by atoms with Crippen molar-refractivity contribution in [3.05, 3.63) is 66.0 Å². The number of H-pyrrole nitrogens is 1. The molecule has 124 valence electrons. The minimum Gasteiger partial charge on any atom is -0.454 e. The molecule has 0 saturated heterocycles. The van der Waals surface area contributed by atoms with Gasteiger partial charge in [-0.15, -0.1) is 0 Å². The Morgan fingerprint density at radius 2 is 1.96 bits per heavy atom. The number of carbonyl (C=O) groups excluding carboxylic acids is 1. The van der Waals surface area contributed by atoms with Gasteiger partial charge in [0.1, 0.15) is 6.17 Å². The first kappa shape index (κ1) is 13.9. The van der Waals surface area contributed by atoms with Crippen LogP contribution in [0.5, 0.6) is 11.5 Å². The summed E-state index contributed by atoms with van der Waals surface area (Å²) >= 11 is 0. The molecule has 1 atom stereocenters. The van der Waals surface area contributed by atoms with Gasteiger partial charge in [0.2, 0.25) is 6.79 Å². The van der Waals surface area contributed by atoms with Crippen molar-refractivity contribution in [2.75, 3.05) is 17.0 Å². The van der Waals surface area contributed by atoms with Crippen molar-refractivity contribution in [2.24, 2.45) is 0 Å². The van der Waals surface area contributed by atoms with E-state index in [0.717, 1.165) is 17.1 Å². The Morgan fingerprint density at radius 3 is 2.84 bits per heavy atom. The van der Waals surface area contributed by atoms with Crippen molar-refractivity contribution in [3.8, 4) is 11.5 Å². The van der Waals surface area contributed by atoms with Crippen LogP contribution in [0, 0.1) is 0 Å². The van der Waals surface area contributed by atoms with Gasteiger partial charge in [0.15, 0.2) is 11.5 Å². The number of ether oxygens (including phenoxy) is 2. The Balaban J connectivity index is 1.65. The molecule has 7 heteroatoms. The summed E-state index contributed by atoms with van der Waals surface area (Å²) in [6.07, 6.45) is 1.27. The molecular weight excluding hydrogens is 320 g/mol. The van der Waals surface area contributed by atoms with Crippen LogP contribution in [0.4, 0.5) is 11.4 Å². The van der Waals surface area contributed by atoms with E-state index >= 15 is 0 Å². The molecule has 2 aromatic carbocycles. The van der Waals surface area contributed by atoms with E-state index in [-0.39, 0.29) is 12.7 Å². The molecule has 0 aliphatic carbocycles. The summed E-state index contributed by atoms with van der Waals surface area (Å²) in [7, 11) is 0. The second kappa shape index (κ2) is 5.27. The third-order valence-electron chi connectivity index (χ3n) is 4.38. The van der Waals surface area contributed by atoms with Gasteiger partial charge in [0, 0.05) is 18.0 Å². The lowest BCUT2D eigenvalue weighted by molar-refractivity contribution is 0.0974. The van der Waals surface area contributed by atoms with Gasteiger partial charge < -0.3 is 14.8 Å². The average Bonchev–Trinajstić information content (AvgIpc) is 3.33. The fraction of sp³-hybridized carbons (Fsp3) is 0.111. The number of amides is 1. The maximum Gasteiger partial charge on any atom is 0.262 e. The van der Waals surface area contributed by atoms with Gasteiger partial charge in [-0.1, -0.05) is 12.1 Å². The van der Waals surface area contributed by atoms with Crippen molar-refractivity contribution < 1.29 is 14.3 Å². The minimum absolute atomic E-state index is 0.0900. The second-order valence-corrected chi connectivity index (χ2v) is 5.82. The minimum atomic E-state index is -0.398. The molecule has 25 heavy (non-hydrogen) atoms. The van der Waals surface area contributed by atoms with Crippen molar-refractivity contribution >= 4 is 17.3 Å². The first-order valence-corrected chi connectivity index (χ1v) is 7.89. The van der Waals surface area contributed by atoms with E-state index in [2.05, 4.69) is 15.5 Å². The smallest absolute Gasteiger partial charge is 0.262 e. The lowest BCUT2D eigenvalue weighted by Crippen LogP contribution is -2.43. The van der Waals surface area contributed by atoms with E-state index in [1.54, 1.807) is 11.1 Å². The summed E-state index contributed by atoms with van der Waals surface area (Å²) in [5, 5.41) is 10.4. The standard InChI is InChI=1S/C18H14N4O3/c23-18-12-3-1-2-4-13(12)20-17(14-7-8-19-21-14)22(18)11-5-6-15-16(9-11)25-10-24-15/h1-9,17,20H,10H2,(H,19,21)/t17-/m0/s1. The van der Waals surface area contributed by atoms with Crippen molar-refractivity contribution in [3.63, 3.8) is 0 Å². The number of hydrogen-bond acceptors (Lipinski definition) is 5. The van der Waals surface area contributed by atoms with Crippen LogP contribution in [0.3, 0.4) is 0 Å². The molecule has 0 bridgehead atoms. The zero-order valence-electron chi connectivity index (χ0n) is 13.1. The molecule has 0 spiro atoms. The zero-order chi connectivity index (χ0) is 16.8. The van der Waals surface area contributed by atoms with E-state index < -0.39 is 6.17 Å². The molecule has 0 radical (unpaired) electrons. The molecule has 0 unspecified atom stereocenters. The molecule has 1 aromatic heterocycles. The number of para-hydroxylation sites is 1. The van der Waals surface area contributed by atoms with Gasteiger partial charge in [0.05, 0.1) is 16.9 Å². The monoisotopic (exact) mass is 334 g/mol. The highest BCUT2D eigenvalue weighted by atomic mass is 16.7. The normalized spacial score (nSPS) is 18.0. The number of nitrogens with zero attached hydrogens (tertiary/aromatic N) is 2. The number of nitrogens with one attached hydrogen (secondary N) is 2. The Labute approximate surface area is 143 Å². The van der Waals surface area contributed by atoms with Crippen LogP contribution in [0.25, 0.3) is 0 Å². The molecule has 7 nitrogen and oxygen atoms in total. The quantitative estimate of drug-likeness (QED) is 0.753. The summed E-state index contributed by atoms with van der Waals surface area (Å²) in [6, 6.07) is 14.8. The third-order valence-corrected chi connectivity index (χ3v) is 4.38. The zero-order valence-corrected chi connectivity index (χ0v) is 13.1. The number of rotatable bonds is 2. The number of fused-ring (bicyclic) bond motifs is 2. The summed E-state index contributed by atoms with van der Waals surface area (Å²) in [4.78, 5) is 14.9. The molecule has 3 aromatic rings. The van der Waals surface area contributed by atoms with Gasteiger partial charge in [-0.2, -0.15) is 5.10 Å². The highest BCUT2D eigenvalue weighted by Crippen LogP contribution is 2.40. The number of benzene rings is 2. The topological polar surface area (TPSA) is 79.5 Å². The Hall–Kier alpha value is -3.48. The van der Waals surface area contributed by atoms with E-state index in [1.165, 1.54) is 0 Å². The van der Waals surface area contributed by atoms with Crippen LogP contribution >= 0.6 is 0 Å². The van der Waals surface area contributed by atoms with Crippen LogP contribution < -0.4 is 19.7 Å².